The Labute approximate surface area is 239 Å². The molecule has 41 heavy (non-hydrogen) atoms. The summed E-state index contributed by atoms with van der Waals surface area (Å²) >= 11 is 0. The van der Waals surface area contributed by atoms with Gasteiger partial charge in [-0.05, 0) is 57.2 Å². The Bertz CT molecular complexity index is 1620. The van der Waals surface area contributed by atoms with Gasteiger partial charge < -0.3 is 25.2 Å². The van der Waals surface area contributed by atoms with E-state index < -0.39 is 16.0 Å². The molecule has 0 bridgehead atoms. The molecule has 4 rings (SSSR count). The Hall–Kier alpha value is -4.20. The van der Waals surface area contributed by atoms with Crippen LogP contribution in [0.25, 0.3) is 11.0 Å². The average molecular weight is 583 g/mol. The van der Waals surface area contributed by atoms with Crippen LogP contribution in [0.4, 0.5) is 11.5 Å². The van der Waals surface area contributed by atoms with Crippen molar-refractivity contribution in [3.63, 3.8) is 0 Å². The number of rotatable bonds is 14. The van der Waals surface area contributed by atoms with Gasteiger partial charge in [0.05, 0.1) is 31.0 Å². The third kappa shape index (κ3) is 6.59. The number of nitrogens with zero attached hydrogens (tertiary/aromatic N) is 4. The van der Waals surface area contributed by atoms with Crippen molar-refractivity contribution >= 4 is 38.5 Å². The normalized spacial score (nSPS) is 11.6. The summed E-state index contributed by atoms with van der Waals surface area (Å²) in [6.45, 7) is 0.869. The molecule has 13 heteroatoms. The minimum Gasteiger partial charge on any atom is -0.493 e. The van der Waals surface area contributed by atoms with Crippen molar-refractivity contribution in [2.24, 2.45) is 0 Å². The zero-order valence-electron chi connectivity index (χ0n) is 23.4. The first-order valence-corrected chi connectivity index (χ1v) is 14.4. The highest BCUT2D eigenvalue weighted by Crippen LogP contribution is 2.38. The summed E-state index contributed by atoms with van der Waals surface area (Å²) in [5.74, 6) is 0.404. The van der Waals surface area contributed by atoms with Crippen molar-refractivity contribution in [3.05, 3.63) is 66.1 Å². The van der Waals surface area contributed by atoms with Crippen LogP contribution in [0.2, 0.25) is 0 Å². The molecule has 2 aromatic heterocycles. The number of carboxylic acids is 1. The highest BCUT2D eigenvalue weighted by atomic mass is 32.2. The molecule has 0 saturated heterocycles. The fraction of sp³-hybridized carbons (Fsp3) is 0.321. The number of likely N-dealkylation sites (N-methyl/N-ethyl adjacent to an activating group) is 1. The zero-order chi connectivity index (χ0) is 29.6. The zero-order valence-corrected chi connectivity index (χ0v) is 24.2. The van der Waals surface area contributed by atoms with Crippen LogP contribution in [0.3, 0.4) is 0 Å². The number of carboxylic acid groups (broad SMARTS) is 1. The van der Waals surface area contributed by atoms with Gasteiger partial charge in [-0.2, -0.15) is 0 Å². The van der Waals surface area contributed by atoms with Crippen LogP contribution < -0.4 is 20.1 Å². The standard InChI is InChI=1S/C28H34N6O6S/c1-29-12-8-9-19-16-34(41(37,38)22-10-6-5-7-11-22)28-25(19)27(30-18-31-28)32-21-13-20(15-33(2)17-24(35)36)26(40-4)23(14-21)39-3/h5-7,10-11,13-14,16,18,29H,8-9,12,15,17H2,1-4H3,(H,35,36)(H,30,31,32). The number of carbonyl (C=O) groups is 1. The Morgan fingerprint density at radius 3 is 2.51 bits per heavy atom. The van der Waals surface area contributed by atoms with Crippen molar-refractivity contribution in [1.82, 2.24) is 24.2 Å². The van der Waals surface area contributed by atoms with Crippen LogP contribution in [0.5, 0.6) is 11.5 Å². The van der Waals surface area contributed by atoms with Crippen molar-refractivity contribution in [1.29, 1.82) is 0 Å². The minimum atomic E-state index is -3.92. The van der Waals surface area contributed by atoms with Gasteiger partial charge in [0.15, 0.2) is 17.1 Å². The van der Waals surface area contributed by atoms with Gasteiger partial charge in [-0.3, -0.25) is 9.69 Å². The van der Waals surface area contributed by atoms with Gasteiger partial charge in [-0.15, -0.1) is 0 Å². The topological polar surface area (TPSA) is 148 Å². The van der Waals surface area contributed by atoms with E-state index in [9.17, 15) is 18.3 Å². The van der Waals surface area contributed by atoms with E-state index in [4.69, 9.17) is 9.47 Å². The van der Waals surface area contributed by atoms with Crippen LogP contribution >= 0.6 is 0 Å². The molecule has 4 aromatic rings. The number of nitrogens with one attached hydrogen (secondary N) is 2. The van der Waals surface area contributed by atoms with Crippen molar-refractivity contribution in [2.75, 3.05) is 46.7 Å². The molecule has 12 nitrogen and oxygen atoms in total. The molecule has 0 aliphatic heterocycles. The first kappa shape index (κ1) is 29.8. The monoisotopic (exact) mass is 582 g/mol. The van der Waals surface area contributed by atoms with E-state index in [2.05, 4.69) is 20.6 Å². The van der Waals surface area contributed by atoms with E-state index in [-0.39, 0.29) is 23.6 Å². The molecule has 0 spiro atoms. The van der Waals surface area contributed by atoms with Crippen LogP contribution in [-0.4, -0.2) is 79.7 Å². The molecular formula is C28H34N6O6S. The average Bonchev–Trinajstić information content (AvgIpc) is 3.33. The maximum atomic E-state index is 13.6. The molecular weight excluding hydrogens is 548 g/mol. The first-order chi connectivity index (χ1) is 19.7. The number of aryl methyl sites for hydroxylation is 1. The Morgan fingerprint density at radius 2 is 1.85 bits per heavy atom. The molecule has 3 N–H and O–H groups in total. The molecule has 0 radical (unpaired) electrons. The maximum Gasteiger partial charge on any atom is 0.317 e. The number of aromatic nitrogens is 3. The van der Waals surface area contributed by atoms with Crippen molar-refractivity contribution in [3.8, 4) is 11.5 Å². The highest BCUT2D eigenvalue weighted by Gasteiger charge is 2.24. The Balaban J connectivity index is 1.83. The quantitative estimate of drug-likeness (QED) is 0.188. The molecule has 0 aliphatic carbocycles. The number of hydrogen-bond donors (Lipinski definition) is 3. The second kappa shape index (κ2) is 13.0. The number of anilines is 2. The fourth-order valence-electron chi connectivity index (χ4n) is 4.68. The Kier molecular flexibility index (Phi) is 9.42. The lowest BCUT2D eigenvalue weighted by molar-refractivity contribution is -0.138. The highest BCUT2D eigenvalue weighted by molar-refractivity contribution is 7.90. The summed E-state index contributed by atoms with van der Waals surface area (Å²) in [7, 11) is 2.68. The lowest BCUT2D eigenvalue weighted by atomic mass is 10.1. The van der Waals surface area contributed by atoms with Crippen molar-refractivity contribution < 1.29 is 27.8 Å². The third-order valence-electron chi connectivity index (χ3n) is 6.47. The van der Waals surface area contributed by atoms with E-state index in [1.807, 2.05) is 13.1 Å². The second-order valence-corrected chi connectivity index (χ2v) is 11.3. The Morgan fingerprint density at radius 1 is 1.10 bits per heavy atom. The molecule has 0 fully saturated rings. The second-order valence-electron chi connectivity index (χ2n) is 9.46. The largest absolute Gasteiger partial charge is 0.493 e. The van der Waals surface area contributed by atoms with Gasteiger partial charge in [0.25, 0.3) is 10.0 Å². The van der Waals surface area contributed by atoms with Gasteiger partial charge >= 0.3 is 5.97 Å². The smallest absolute Gasteiger partial charge is 0.317 e. The number of benzene rings is 2. The van der Waals surface area contributed by atoms with Crippen LogP contribution in [0.1, 0.15) is 17.5 Å². The van der Waals surface area contributed by atoms with E-state index >= 15 is 0 Å². The van der Waals surface area contributed by atoms with E-state index in [0.29, 0.717) is 40.4 Å². The summed E-state index contributed by atoms with van der Waals surface area (Å²) in [5.41, 5.74) is 2.33. The lowest BCUT2D eigenvalue weighted by Gasteiger charge is -2.20. The number of ether oxygens (including phenoxy) is 2. The van der Waals surface area contributed by atoms with Crippen LogP contribution in [0.15, 0.2) is 59.9 Å². The summed E-state index contributed by atoms with van der Waals surface area (Å²) in [4.78, 5) is 21.9. The van der Waals surface area contributed by atoms with Gasteiger partial charge in [-0.1, -0.05) is 18.2 Å². The molecule has 0 unspecified atom stereocenters. The summed E-state index contributed by atoms with van der Waals surface area (Å²) < 4.78 is 39.6. The minimum absolute atomic E-state index is 0.154. The van der Waals surface area contributed by atoms with E-state index in [0.717, 1.165) is 18.5 Å². The van der Waals surface area contributed by atoms with Gasteiger partial charge in [0, 0.05) is 30.1 Å². The molecule has 2 heterocycles. The maximum absolute atomic E-state index is 13.6. The number of methoxy groups -OCH3 is 2. The predicted molar refractivity (Wildman–Crippen MR) is 156 cm³/mol. The van der Waals surface area contributed by atoms with E-state index in [1.165, 1.54) is 24.5 Å². The fourth-order valence-corrected chi connectivity index (χ4v) is 6.04. The predicted octanol–water partition coefficient (Wildman–Crippen LogP) is 3.10. The SMILES string of the molecule is CNCCCc1cn(S(=O)(=O)c2ccccc2)c2ncnc(Nc3cc(CN(C)CC(=O)O)c(OC)c(OC)c3)c12. The molecule has 2 aromatic carbocycles. The summed E-state index contributed by atoms with van der Waals surface area (Å²) in [6.07, 6.45) is 4.30. The van der Waals surface area contributed by atoms with Gasteiger partial charge in [0.2, 0.25) is 0 Å². The molecule has 0 aliphatic rings. The van der Waals surface area contributed by atoms with Crippen LogP contribution in [0, 0.1) is 0 Å². The molecule has 218 valence electrons. The third-order valence-corrected chi connectivity index (χ3v) is 8.13. The lowest BCUT2D eigenvalue weighted by Crippen LogP contribution is -2.25. The number of hydrogen-bond acceptors (Lipinski definition) is 10. The van der Waals surface area contributed by atoms with Gasteiger partial charge in [0.1, 0.15) is 12.1 Å². The molecule has 0 saturated carbocycles. The molecule has 0 amide bonds. The number of aliphatic carboxylic acids is 1. The van der Waals surface area contributed by atoms with Gasteiger partial charge in [-0.25, -0.2) is 22.4 Å². The first-order valence-electron chi connectivity index (χ1n) is 12.9. The number of fused-ring (bicyclic) bond motifs is 1. The van der Waals surface area contributed by atoms with Crippen molar-refractivity contribution in [2.45, 2.75) is 24.3 Å². The van der Waals surface area contributed by atoms with Crippen LogP contribution in [-0.2, 0) is 27.8 Å². The summed E-state index contributed by atoms with van der Waals surface area (Å²) in [5, 5.41) is 16.2. The summed E-state index contributed by atoms with van der Waals surface area (Å²) in [6, 6.07) is 11.8. The van der Waals surface area contributed by atoms with E-state index in [1.54, 1.807) is 54.5 Å². The molecule has 0 atom stereocenters.